The fraction of sp³-hybridized carbons (Fsp3) is 0.473. The Hall–Kier alpha value is -6.56. The van der Waals surface area contributed by atoms with Crippen LogP contribution >= 0.6 is 0 Å². The molecule has 2 atom stereocenters. The Balaban J connectivity index is 0.689. The third kappa shape index (κ3) is 10.2. The number of aliphatic hydroxyl groups is 1. The Bertz CT molecular complexity index is 2850. The molecule has 5 amide bonds. The van der Waals surface area contributed by atoms with Gasteiger partial charge < -0.3 is 19.8 Å². The number of piperazine rings is 2. The van der Waals surface area contributed by atoms with Crippen LogP contribution in [-0.4, -0.2) is 160 Å². The minimum absolute atomic E-state index is 0.0154. The number of carbonyl (C=O) groups is 5. The molecule has 5 aliphatic rings. The number of rotatable bonds is 15. The number of hydrogen-bond donors (Lipinski definition) is 2. The first kappa shape index (κ1) is 49.0. The van der Waals surface area contributed by atoms with Gasteiger partial charge >= 0.3 is 0 Å². The molecule has 2 aromatic heterocycles. The van der Waals surface area contributed by atoms with Gasteiger partial charge in [-0.3, -0.25) is 44.0 Å². The Morgan fingerprint density at radius 1 is 0.806 bits per heavy atom. The van der Waals surface area contributed by atoms with Crippen molar-refractivity contribution in [2.45, 2.75) is 71.3 Å². The normalized spacial score (nSPS) is 19.9. The number of anilines is 2. The molecule has 72 heavy (non-hydrogen) atoms. The molecular weight excluding hydrogens is 916 g/mol. The van der Waals surface area contributed by atoms with E-state index in [-0.39, 0.29) is 48.1 Å². The van der Waals surface area contributed by atoms with Crippen LogP contribution in [0.1, 0.15) is 83.8 Å². The highest BCUT2D eigenvalue weighted by atomic mass is 19.1. The van der Waals surface area contributed by atoms with Crippen LogP contribution in [0.2, 0.25) is 0 Å². The lowest BCUT2D eigenvalue weighted by Crippen LogP contribution is -2.54. The molecule has 5 aliphatic heterocycles. The number of carbonyl (C=O) groups excluding carboxylic acids is 5. The highest BCUT2D eigenvalue weighted by molar-refractivity contribution is 6.23. The molecule has 2 unspecified atom stereocenters. The lowest BCUT2D eigenvalue weighted by atomic mass is 9.93. The van der Waals surface area contributed by atoms with Crippen LogP contribution in [0, 0.1) is 24.6 Å². The molecule has 2 N–H and O–H groups in total. The SMILES string of the molecule is Cc1nn2c(N3CCN(CCO)CC3)cc(-c3ccccc3)nc2c1-c1cccc(CCCC(C)CC(=O)N2CCC(CN3CCN(c4cc5c(cc4F)C(=O)N(C4CCC(=O)NC4=O)C5=O)CC3)CC2)c1. The second-order valence-corrected chi connectivity index (χ2v) is 20.4. The van der Waals surface area contributed by atoms with Gasteiger partial charge in [-0.05, 0) is 80.5 Å². The van der Waals surface area contributed by atoms with Gasteiger partial charge in [-0.15, -0.1) is 0 Å². The first-order chi connectivity index (χ1) is 34.9. The fourth-order valence-corrected chi connectivity index (χ4v) is 11.5. The number of hydrogen-bond acceptors (Lipinski definition) is 12. The van der Waals surface area contributed by atoms with E-state index in [2.05, 4.69) is 76.3 Å². The van der Waals surface area contributed by atoms with E-state index in [0.717, 1.165) is 128 Å². The number of β-amino-alcohol motifs (C(OH)–C–C–N with tert-alkyl or cyclic N) is 1. The minimum atomic E-state index is -1.10. The first-order valence-electron chi connectivity index (χ1n) is 25.9. The number of imide groups is 2. The summed E-state index contributed by atoms with van der Waals surface area (Å²) in [6.45, 7) is 13.5. The monoisotopic (exact) mass is 981 g/mol. The van der Waals surface area contributed by atoms with E-state index in [9.17, 15) is 29.1 Å². The number of nitrogens with zero attached hydrogens (tertiary/aromatic N) is 9. The number of benzene rings is 3. The number of nitrogens with one attached hydrogen (secondary N) is 1. The van der Waals surface area contributed by atoms with E-state index >= 15 is 4.39 Å². The Kier molecular flexibility index (Phi) is 14.5. The summed E-state index contributed by atoms with van der Waals surface area (Å²) < 4.78 is 17.5. The number of piperidine rings is 2. The van der Waals surface area contributed by atoms with Crippen LogP contribution in [-0.2, 0) is 20.8 Å². The molecule has 7 heterocycles. The van der Waals surface area contributed by atoms with E-state index in [1.54, 1.807) is 0 Å². The van der Waals surface area contributed by atoms with Crippen LogP contribution in [0.3, 0.4) is 0 Å². The number of amides is 5. The van der Waals surface area contributed by atoms with Crippen molar-refractivity contribution in [3.63, 3.8) is 0 Å². The van der Waals surface area contributed by atoms with Gasteiger partial charge in [-0.25, -0.2) is 9.37 Å². The molecule has 5 aromatic rings. The topological polar surface area (TPSA) is 167 Å². The van der Waals surface area contributed by atoms with Gasteiger partial charge in [0, 0.05) is 109 Å². The van der Waals surface area contributed by atoms with Gasteiger partial charge in [0.05, 0.1) is 34.8 Å². The highest BCUT2D eigenvalue weighted by Crippen LogP contribution is 2.36. The van der Waals surface area contributed by atoms with Crippen molar-refractivity contribution in [1.82, 2.24) is 39.5 Å². The quantitative estimate of drug-likeness (QED) is 0.128. The number of likely N-dealkylation sites (tertiary alicyclic amines) is 1. The van der Waals surface area contributed by atoms with Crippen LogP contribution in [0.4, 0.5) is 15.9 Å². The number of halogens is 1. The summed E-state index contributed by atoms with van der Waals surface area (Å²) in [6.07, 6.45) is 5.31. The molecule has 17 heteroatoms. The van der Waals surface area contributed by atoms with Crippen LogP contribution in [0.25, 0.3) is 28.0 Å². The van der Waals surface area contributed by atoms with Crippen molar-refractivity contribution < 1.29 is 33.5 Å². The second kappa shape index (κ2) is 21.3. The molecule has 0 radical (unpaired) electrons. The van der Waals surface area contributed by atoms with E-state index < -0.39 is 35.5 Å². The smallest absolute Gasteiger partial charge is 0.262 e. The lowest BCUT2D eigenvalue weighted by Gasteiger charge is -2.40. The van der Waals surface area contributed by atoms with E-state index in [4.69, 9.17) is 10.1 Å². The molecule has 10 rings (SSSR count). The number of aliphatic hydroxyl groups excluding tert-OH is 1. The third-order valence-electron chi connectivity index (χ3n) is 15.5. The number of aromatic nitrogens is 3. The zero-order valence-corrected chi connectivity index (χ0v) is 41.4. The standard InChI is InChI=1S/C55H65FN10O6/c1-36(8-6-9-38-10-7-13-41(31-38)51-37(2)59-66-49(63-26-20-60(21-27-63)28-29-67)34-45(57-52(51)66)40-11-4-3-5-12-40)30-50(69)64-18-16-39(17-19-64)35-61-22-24-62(25-23-61)47-33-43-42(32-44(47)56)54(71)65(55(43)72)46-14-15-48(68)58-53(46)70/h3-5,7,10-13,31-34,36,39,46,67H,6,8-9,14-30,35H2,1-2H3,(H,58,68,70). The van der Waals surface area contributed by atoms with Crippen molar-refractivity contribution in [3.8, 4) is 22.4 Å². The average molecular weight is 981 g/mol. The summed E-state index contributed by atoms with van der Waals surface area (Å²) in [7, 11) is 0. The summed E-state index contributed by atoms with van der Waals surface area (Å²) in [5.74, 6) is -1.14. The van der Waals surface area contributed by atoms with Gasteiger partial charge in [0.25, 0.3) is 11.8 Å². The van der Waals surface area contributed by atoms with E-state index in [1.165, 1.54) is 11.6 Å². The zero-order chi connectivity index (χ0) is 50.0. The summed E-state index contributed by atoms with van der Waals surface area (Å²) in [4.78, 5) is 81.4. The lowest BCUT2D eigenvalue weighted by molar-refractivity contribution is -0.136. The minimum Gasteiger partial charge on any atom is -0.395 e. The van der Waals surface area contributed by atoms with Crippen molar-refractivity contribution in [2.24, 2.45) is 11.8 Å². The van der Waals surface area contributed by atoms with Crippen LogP contribution < -0.4 is 15.1 Å². The number of aryl methyl sites for hydroxylation is 2. The van der Waals surface area contributed by atoms with Crippen molar-refractivity contribution in [2.75, 3.05) is 94.9 Å². The first-order valence-corrected chi connectivity index (χ1v) is 25.9. The highest BCUT2D eigenvalue weighted by Gasteiger charge is 2.45. The number of fused-ring (bicyclic) bond motifs is 2. The predicted molar refractivity (Wildman–Crippen MR) is 272 cm³/mol. The van der Waals surface area contributed by atoms with Gasteiger partial charge in [0.1, 0.15) is 17.7 Å². The third-order valence-corrected chi connectivity index (χ3v) is 15.5. The Labute approximate surface area is 419 Å². The molecule has 4 fully saturated rings. The van der Waals surface area contributed by atoms with Crippen molar-refractivity contribution in [3.05, 3.63) is 101 Å². The Morgan fingerprint density at radius 3 is 2.22 bits per heavy atom. The molecule has 0 spiro atoms. The fourth-order valence-electron chi connectivity index (χ4n) is 11.5. The molecule has 4 saturated heterocycles. The van der Waals surface area contributed by atoms with Crippen molar-refractivity contribution >= 4 is 46.7 Å². The summed E-state index contributed by atoms with van der Waals surface area (Å²) >= 11 is 0. The molecule has 16 nitrogen and oxygen atoms in total. The van der Waals surface area contributed by atoms with Gasteiger partial charge in [0.15, 0.2) is 5.65 Å². The molecule has 0 bridgehead atoms. The summed E-state index contributed by atoms with van der Waals surface area (Å²) in [5.41, 5.74) is 7.37. The zero-order valence-electron chi connectivity index (χ0n) is 41.4. The van der Waals surface area contributed by atoms with E-state index in [1.807, 2.05) is 32.5 Å². The van der Waals surface area contributed by atoms with Crippen LogP contribution in [0.5, 0.6) is 0 Å². The summed E-state index contributed by atoms with van der Waals surface area (Å²) in [5, 5.41) is 16.8. The van der Waals surface area contributed by atoms with Gasteiger partial charge in [-0.1, -0.05) is 61.5 Å². The molecule has 378 valence electrons. The predicted octanol–water partition coefficient (Wildman–Crippen LogP) is 5.44. The van der Waals surface area contributed by atoms with Crippen molar-refractivity contribution in [1.29, 1.82) is 0 Å². The average Bonchev–Trinajstić information content (AvgIpc) is 3.84. The molecule has 0 aliphatic carbocycles. The largest absolute Gasteiger partial charge is 0.395 e. The maximum atomic E-state index is 15.5. The van der Waals surface area contributed by atoms with E-state index in [0.29, 0.717) is 45.1 Å². The molecule has 0 saturated carbocycles. The van der Waals surface area contributed by atoms with Gasteiger partial charge in [0.2, 0.25) is 17.7 Å². The second-order valence-electron chi connectivity index (χ2n) is 20.4. The molecular formula is C55H65FN10O6. The maximum Gasteiger partial charge on any atom is 0.262 e. The van der Waals surface area contributed by atoms with Gasteiger partial charge in [-0.2, -0.15) is 9.61 Å². The maximum absolute atomic E-state index is 15.5. The summed E-state index contributed by atoms with van der Waals surface area (Å²) in [6, 6.07) is 22.6. The Morgan fingerprint density at radius 2 is 1.50 bits per heavy atom. The van der Waals surface area contributed by atoms with Crippen LogP contribution in [0.15, 0.2) is 72.8 Å². The molecule has 3 aromatic carbocycles.